The molecular weight excluding hydrogens is 224 g/mol. The van der Waals surface area contributed by atoms with E-state index in [1.165, 1.54) is 0 Å². The summed E-state index contributed by atoms with van der Waals surface area (Å²) in [5.41, 5.74) is 3.02. The fourth-order valence-corrected chi connectivity index (χ4v) is 1.41. The van der Waals surface area contributed by atoms with Gasteiger partial charge in [-0.3, -0.25) is 4.98 Å². The maximum Gasteiger partial charge on any atom is 0.142 e. The molecule has 1 aromatic heterocycles. The largest absolute Gasteiger partial charge is 0.487 e. The first-order valence-corrected chi connectivity index (χ1v) is 6.26. The van der Waals surface area contributed by atoms with E-state index in [1.807, 2.05) is 26.0 Å². The number of hydrogen-bond acceptors (Lipinski definition) is 3. The maximum absolute atomic E-state index is 5.72. The van der Waals surface area contributed by atoms with Crippen molar-refractivity contribution in [2.24, 2.45) is 0 Å². The lowest BCUT2D eigenvalue weighted by molar-refractivity contribution is 0.340. The summed E-state index contributed by atoms with van der Waals surface area (Å²) < 4.78 is 5.72. The van der Waals surface area contributed by atoms with Crippen molar-refractivity contribution in [2.45, 2.75) is 46.7 Å². The van der Waals surface area contributed by atoms with Gasteiger partial charge in [0.05, 0.1) is 5.69 Å². The van der Waals surface area contributed by atoms with Crippen LogP contribution in [0.2, 0.25) is 0 Å². The molecule has 0 atom stereocenters. The molecule has 1 rings (SSSR count). The van der Waals surface area contributed by atoms with Gasteiger partial charge in [-0.05, 0) is 52.3 Å². The highest BCUT2D eigenvalue weighted by molar-refractivity contribution is 5.29. The van der Waals surface area contributed by atoms with Gasteiger partial charge in [0.15, 0.2) is 0 Å². The first-order valence-electron chi connectivity index (χ1n) is 6.26. The molecule has 0 saturated heterocycles. The third kappa shape index (κ3) is 5.32. The van der Waals surface area contributed by atoms with Gasteiger partial charge in [0.1, 0.15) is 12.4 Å². The Morgan fingerprint density at radius 3 is 2.61 bits per heavy atom. The number of ether oxygens (including phenoxy) is 1. The predicted octanol–water partition coefficient (Wildman–Crippen LogP) is 3.23. The molecular formula is C15H24N2O. The van der Waals surface area contributed by atoms with Crippen molar-refractivity contribution in [3.05, 3.63) is 35.7 Å². The van der Waals surface area contributed by atoms with Crippen LogP contribution >= 0.6 is 0 Å². The number of pyridine rings is 1. The van der Waals surface area contributed by atoms with Gasteiger partial charge in [0, 0.05) is 17.8 Å². The van der Waals surface area contributed by atoms with Crippen LogP contribution in [0, 0.1) is 6.92 Å². The van der Waals surface area contributed by atoms with Crippen LogP contribution in [0.25, 0.3) is 0 Å². The summed E-state index contributed by atoms with van der Waals surface area (Å²) >= 11 is 0. The maximum atomic E-state index is 5.72. The fraction of sp³-hybridized carbons (Fsp3) is 0.533. The molecule has 3 heteroatoms. The van der Waals surface area contributed by atoms with Crippen molar-refractivity contribution in [3.63, 3.8) is 0 Å². The summed E-state index contributed by atoms with van der Waals surface area (Å²) in [5.74, 6) is 0.834. The summed E-state index contributed by atoms with van der Waals surface area (Å²) in [4.78, 5) is 4.54. The molecule has 0 fully saturated rings. The van der Waals surface area contributed by atoms with Crippen LogP contribution < -0.4 is 10.1 Å². The zero-order valence-electron chi connectivity index (χ0n) is 12.1. The van der Waals surface area contributed by atoms with E-state index >= 15 is 0 Å². The molecule has 0 radical (unpaired) electrons. The first-order chi connectivity index (χ1) is 8.28. The number of rotatable bonds is 5. The highest BCUT2D eigenvalue weighted by Crippen LogP contribution is 2.18. The van der Waals surface area contributed by atoms with Crippen molar-refractivity contribution in [3.8, 4) is 5.75 Å². The van der Waals surface area contributed by atoms with E-state index < -0.39 is 0 Å². The minimum absolute atomic E-state index is 0.0665. The predicted molar refractivity (Wildman–Crippen MR) is 75.9 cm³/mol. The number of nitrogens with one attached hydrogen (secondary N) is 1. The molecule has 0 amide bonds. The lowest BCUT2D eigenvalue weighted by Crippen LogP contribution is -2.35. The molecule has 1 aromatic rings. The molecule has 3 nitrogen and oxygen atoms in total. The van der Waals surface area contributed by atoms with Gasteiger partial charge < -0.3 is 10.1 Å². The van der Waals surface area contributed by atoms with Gasteiger partial charge in [-0.1, -0.05) is 6.58 Å². The second-order valence-electron chi connectivity index (χ2n) is 5.75. The van der Waals surface area contributed by atoms with Crippen LogP contribution in [-0.2, 0) is 6.54 Å². The van der Waals surface area contributed by atoms with Crippen molar-refractivity contribution in [1.29, 1.82) is 0 Å². The van der Waals surface area contributed by atoms with Gasteiger partial charge in [-0.2, -0.15) is 0 Å². The number of aromatic nitrogens is 1. The van der Waals surface area contributed by atoms with E-state index in [0.717, 1.165) is 22.7 Å². The van der Waals surface area contributed by atoms with Gasteiger partial charge >= 0.3 is 0 Å². The molecule has 0 aliphatic rings. The summed E-state index contributed by atoms with van der Waals surface area (Å²) in [5, 5.41) is 3.43. The lowest BCUT2D eigenvalue weighted by Gasteiger charge is -2.21. The molecule has 0 spiro atoms. The second-order valence-corrected chi connectivity index (χ2v) is 5.75. The minimum atomic E-state index is 0.0665. The Kier molecular flexibility index (Phi) is 4.91. The smallest absolute Gasteiger partial charge is 0.142 e. The highest BCUT2D eigenvalue weighted by atomic mass is 16.5. The third-order valence-corrected chi connectivity index (χ3v) is 2.33. The van der Waals surface area contributed by atoms with Crippen LogP contribution in [0.15, 0.2) is 24.3 Å². The van der Waals surface area contributed by atoms with Crippen LogP contribution in [0.5, 0.6) is 5.75 Å². The average molecular weight is 248 g/mol. The topological polar surface area (TPSA) is 34.1 Å². The van der Waals surface area contributed by atoms with Crippen LogP contribution in [0.3, 0.4) is 0 Å². The first kappa shape index (κ1) is 14.7. The zero-order chi connectivity index (χ0) is 13.8. The minimum Gasteiger partial charge on any atom is -0.487 e. The molecule has 0 saturated carbocycles. The lowest BCUT2D eigenvalue weighted by atomic mass is 10.1. The fourth-order valence-electron chi connectivity index (χ4n) is 1.41. The molecule has 0 aliphatic heterocycles. The zero-order valence-corrected chi connectivity index (χ0v) is 12.1. The van der Waals surface area contributed by atoms with E-state index in [9.17, 15) is 0 Å². The summed E-state index contributed by atoms with van der Waals surface area (Å²) in [7, 11) is 0. The van der Waals surface area contributed by atoms with Crippen LogP contribution in [-0.4, -0.2) is 17.1 Å². The van der Waals surface area contributed by atoms with Gasteiger partial charge in [0.2, 0.25) is 0 Å². The molecule has 0 bridgehead atoms. The van der Waals surface area contributed by atoms with Gasteiger partial charge in [0.25, 0.3) is 0 Å². The molecule has 1 N–H and O–H groups in total. The van der Waals surface area contributed by atoms with Crippen molar-refractivity contribution in [1.82, 2.24) is 10.3 Å². The van der Waals surface area contributed by atoms with Gasteiger partial charge in [-0.15, -0.1) is 0 Å². The van der Waals surface area contributed by atoms with Crippen LogP contribution in [0.1, 0.15) is 39.1 Å². The van der Waals surface area contributed by atoms with Crippen LogP contribution in [0.4, 0.5) is 0 Å². The molecule has 100 valence electrons. The monoisotopic (exact) mass is 248 g/mol. The Labute approximate surface area is 110 Å². The Balaban J connectivity index is 2.79. The summed E-state index contributed by atoms with van der Waals surface area (Å²) in [6.45, 7) is 15.4. The number of nitrogens with zero attached hydrogens (tertiary/aromatic N) is 1. The van der Waals surface area contributed by atoms with Crippen molar-refractivity contribution >= 4 is 0 Å². The van der Waals surface area contributed by atoms with E-state index in [-0.39, 0.29) is 5.54 Å². The third-order valence-electron chi connectivity index (χ3n) is 2.33. The van der Waals surface area contributed by atoms with Gasteiger partial charge in [-0.25, -0.2) is 0 Å². The molecule has 18 heavy (non-hydrogen) atoms. The van der Waals surface area contributed by atoms with Crippen molar-refractivity contribution < 1.29 is 4.74 Å². The van der Waals surface area contributed by atoms with E-state index in [1.54, 1.807) is 0 Å². The summed E-state index contributed by atoms with van der Waals surface area (Å²) in [6, 6.07) is 3.94. The summed E-state index contributed by atoms with van der Waals surface area (Å²) in [6.07, 6.45) is 0. The average Bonchev–Trinajstić information content (AvgIpc) is 2.23. The quantitative estimate of drug-likeness (QED) is 0.812. The number of aryl methyl sites for hydroxylation is 1. The highest BCUT2D eigenvalue weighted by Gasteiger charge is 2.12. The van der Waals surface area contributed by atoms with E-state index in [0.29, 0.717) is 13.2 Å². The number of hydrogen-bond donors (Lipinski definition) is 1. The molecule has 1 heterocycles. The SMILES string of the molecule is C=C(C)COc1ccc(C)nc1CNC(C)(C)C. The standard InChI is InChI=1S/C15H24N2O/c1-11(2)10-18-14-8-7-12(3)17-13(14)9-16-15(4,5)6/h7-8,16H,1,9-10H2,2-6H3. The Hall–Kier alpha value is -1.35. The second kappa shape index (κ2) is 6.01. The van der Waals surface area contributed by atoms with E-state index in [4.69, 9.17) is 4.74 Å². The molecule has 0 aliphatic carbocycles. The van der Waals surface area contributed by atoms with E-state index in [2.05, 4.69) is 37.7 Å². The Bertz CT molecular complexity index is 419. The van der Waals surface area contributed by atoms with Crippen molar-refractivity contribution in [2.75, 3.05) is 6.61 Å². The Morgan fingerprint density at radius 1 is 1.39 bits per heavy atom. The normalized spacial score (nSPS) is 11.4. The molecule has 0 unspecified atom stereocenters. The molecule has 0 aromatic carbocycles. The Morgan fingerprint density at radius 2 is 2.06 bits per heavy atom.